The predicted molar refractivity (Wildman–Crippen MR) is 40.1 cm³/mol. The van der Waals surface area contributed by atoms with Crippen LogP contribution < -0.4 is 5.73 Å². The molecule has 54 valence electrons. The first-order valence-electron chi connectivity index (χ1n) is 3.02. The normalized spacial score (nSPS) is 12.0. The van der Waals surface area contributed by atoms with Crippen molar-refractivity contribution in [2.75, 3.05) is 7.05 Å². The van der Waals surface area contributed by atoms with Gasteiger partial charge in [0.05, 0.1) is 6.26 Å². The first-order chi connectivity index (χ1) is 4.75. The molecule has 0 saturated heterocycles. The van der Waals surface area contributed by atoms with Gasteiger partial charge < -0.3 is 10.2 Å². The second kappa shape index (κ2) is 2.56. The zero-order valence-corrected chi connectivity index (χ0v) is 6.09. The third kappa shape index (κ3) is 1.03. The van der Waals surface area contributed by atoms with Crippen molar-refractivity contribution in [2.24, 2.45) is 10.7 Å². The van der Waals surface area contributed by atoms with Crippen molar-refractivity contribution in [1.82, 2.24) is 0 Å². The molecule has 0 saturated carbocycles. The summed E-state index contributed by atoms with van der Waals surface area (Å²) in [5.41, 5.74) is 6.51. The van der Waals surface area contributed by atoms with Crippen molar-refractivity contribution in [3.63, 3.8) is 0 Å². The van der Waals surface area contributed by atoms with Crippen molar-refractivity contribution >= 4 is 5.84 Å². The van der Waals surface area contributed by atoms with Gasteiger partial charge in [0.25, 0.3) is 0 Å². The molecule has 10 heavy (non-hydrogen) atoms. The number of nitrogens with zero attached hydrogens (tertiary/aromatic N) is 1. The number of aliphatic imine (C=N–C) groups is 1. The van der Waals surface area contributed by atoms with Crippen LogP contribution in [-0.2, 0) is 0 Å². The lowest BCUT2D eigenvalue weighted by molar-refractivity contribution is 0.554. The lowest BCUT2D eigenvalue weighted by atomic mass is 10.3. The molecule has 0 fully saturated rings. The molecule has 0 amide bonds. The van der Waals surface area contributed by atoms with E-state index in [1.807, 2.05) is 13.0 Å². The average molecular weight is 138 g/mol. The highest BCUT2D eigenvalue weighted by atomic mass is 16.3. The molecule has 2 N–H and O–H groups in total. The second-order valence-electron chi connectivity index (χ2n) is 2.04. The summed E-state index contributed by atoms with van der Waals surface area (Å²) in [6, 6.07) is 1.85. The van der Waals surface area contributed by atoms with Crippen LogP contribution >= 0.6 is 0 Å². The standard InChI is InChI=1S/C7H10N2O/c1-5-3-4-10-6(5)7(8)9-2/h3-4H,1-2H3,(H2,8,9). The number of hydrogen-bond acceptors (Lipinski definition) is 2. The van der Waals surface area contributed by atoms with Crippen molar-refractivity contribution in [3.05, 3.63) is 23.7 Å². The quantitative estimate of drug-likeness (QED) is 0.463. The van der Waals surface area contributed by atoms with Crippen LogP contribution in [0.2, 0.25) is 0 Å². The lowest BCUT2D eigenvalue weighted by Gasteiger charge is -1.93. The zero-order chi connectivity index (χ0) is 7.56. The molecule has 1 aromatic rings. The summed E-state index contributed by atoms with van der Waals surface area (Å²) in [4.78, 5) is 3.79. The van der Waals surface area contributed by atoms with Crippen molar-refractivity contribution in [2.45, 2.75) is 6.92 Å². The summed E-state index contributed by atoms with van der Waals surface area (Å²) in [6.07, 6.45) is 1.60. The SMILES string of the molecule is CN=C(N)c1occc1C. The molecule has 3 nitrogen and oxygen atoms in total. The van der Waals surface area contributed by atoms with Crippen molar-refractivity contribution in [1.29, 1.82) is 0 Å². The summed E-state index contributed by atoms with van der Waals surface area (Å²) in [7, 11) is 1.64. The van der Waals surface area contributed by atoms with Crippen LogP contribution in [0.15, 0.2) is 21.7 Å². The lowest BCUT2D eigenvalue weighted by Crippen LogP contribution is -2.12. The fourth-order valence-electron chi connectivity index (χ4n) is 0.737. The molecular formula is C7H10N2O. The fraction of sp³-hybridized carbons (Fsp3) is 0.286. The van der Waals surface area contributed by atoms with Gasteiger partial charge in [-0.05, 0) is 18.6 Å². The van der Waals surface area contributed by atoms with Crippen LogP contribution in [0.3, 0.4) is 0 Å². The topological polar surface area (TPSA) is 51.5 Å². The third-order valence-corrected chi connectivity index (χ3v) is 1.34. The molecule has 3 heteroatoms. The van der Waals surface area contributed by atoms with Gasteiger partial charge in [0.1, 0.15) is 0 Å². The minimum absolute atomic E-state index is 0.447. The van der Waals surface area contributed by atoms with E-state index < -0.39 is 0 Å². The molecule has 0 aliphatic heterocycles. The number of amidine groups is 1. The van der Waals surface area contributed by atoms with Gasteiger partial charge in [0, 0.05) is 7.05 Å². The predicted octanol–water partition coefficient (Wildman–Crippen LogP) is 0.923. The molecule has 0 aliphatic carbocycles. The first kappa shape index (κ1) is 6.86. The van der Waals surface area contributed by atoms with E-state index in [4.69, 9.17) is 10.2 Å². The Morgan fingerprint density at radius 1 is 1.70 bits per heavy atom. The van der Waals surface area contributed by atoms with Crippen LogP contribution in [0.4, 0.5) is 0 Å². The van der Waals surface area contributed by atoms with Crippen LogP contribution in [0, 0.1) is 6.92 Å². The molecule has 0 spiro atoms. The van der Waals surface area contributed by atoms with E-state index in [1.165, 1.54) is 0 Å². The molecule has 1 rings (SSSR count). The molecule has 0 aromatic carbocycles. The fourth-order valence-corrected chi connectivity index (χ4v) is 0.737. The van der Waals surface area contributed by atoms with Gasteiger partial charge in [-0.3, -0.25) is 4.99 Å². The minimum Gasteiger partial charge on any atom is -0.461 e. The highest BCUT2D eigenvalue weighted by Crippen LogP contribution is 2.07. The van der Waals surface area contributed by atoms with Crippen LogP contribution in [0.1, 0.15) is 11.3 Å². The molecule has 0 radical (unpaired) electrons. The smallest absolute Gasteiger partial charge is 0.171 e. The maximum Gasteiger partial charge on any atom is 0.171 e. The monoisotopic (exact) mass is 138 g/mol. The summed E-state index contributed by atoms with van der Waals surface area (Å²) >= 11 is 0. The third-order valence-electron chi connectivity index (χ3n) is 1.34. The number of furan rings is 1. The van der Waals surface area contributed by atoms with E-state index in [9.17, 15) is 0 Å². The van der Waals surface area contributed by atoms with Crippen LogP contribution in [0.25, 0.3) is 0 Å². The van der Waals surface area contributed by atoms with Gasteiger partial charge >= 0.3 is 0 Å². The van der Waals surface area contributed by atoms with Gasteiger partial charge in [-0.15, -0.1) is 0 Å². The van der Waals surface area contributed by atoms with Crippen molar-refractivity contribution < 1.29 is 4.42 Å². The van der Waals surface area contributed by atoms with Gasteiger partial charge in [-0.25, -0.2) is 0 Å². The van der Waals surface area contributed by atoms with E-state index in [0.717, 1.165) is 5.56 Å². The van der Waals surface area contributed by atoms with Crippen molar-refractivity contribution in [3.8, 4) is 0 Å². The summed E-state index contributed by atoms with van der Waals surface area (Å²) in [5.74, 6) is 1.12. The van der Waals surface area contributed by atoms with Gasteiger partial charge in [0.15, 0.2) is 11.6 Å². The van der Waals surface area contributed by atoms with E-state index in [0.29, 0.717) is 11.6 Å². The van der Waals surface area contributed by atoms with Gasteiger partial charge in [-0.1, -0.05) is 0 Å². The highest BCUT2D eigenvalue weighted by Gasteiger charge is 2.03. The van der Waals surface area contributed by atoms with E-state index in [2.05, 4.69) is 4.99 Å². The summed E-state index contributed by atoms with van der Waals surface area (Å²) in [6.45, 7) is 1.93. The summed E-state index contributed by atoms with van der Waals surface area (Å²) < 4.78 is 5.06. The second-order valence-corrected chi connectivity index (χ2v) is 2.04. The number of hydrogen-bond donors (Lipinski definition) is 1. The largest absolute Gasteiger partial charge is 0.461 e. The van der Waals surface area contributed by atoms with Crippen LogP contribution in [-0.4, -0.2) is 12.9 Å². The number of nitrogens with two attached hydrogens (primary N) is 1. The molecule has 1 heterocycles. The maximum atomic E-state index is 5.50. The Morgan fingerprint density at radius 3 is 2.80 bits per heavy atom. The Kier molecular flexibility index (Phi) is 1.76. The van der Waals surface area contributed by atoms with Gasteiger partial charge in [0.2, 0.25) is 0 Å². The van der Waals surface area contributed by atoms with Gasteiger partial charge in [-0.2, -0.15) is 0 Å². The Bertz CT molecular complexity index is 250. The number of aryl methyl sites for hydroxylation is 1. The zero-order valence-electron chi connectivity index (χ0n) is 6.09. The minimum atomic E-state index is 0.447. The Morgan fingerprint density at radius 2 is 2.40 bits per heavy atom. The maximum absolute atomic E-state index is 5.50. The molecule has 1 aromatic heterocycles. The summed E-state index contributed by atoms with van der Waals surface area (Å²) in [5, 5.41) is 0. The first-order valence-corrected chi connectivity index (χ1v) is 3.02. The number of rotatable bonds is 1. The Balaban J connectivity index is 3.05. The van der Waals surface area contributed by atoms with E-state index in [1.54, 1.807) is 13.3 Å². The Labute approximate surface area is 59.6 Å². The average Bonchev–Trinajstić information content (AvgIpc) is 2.34. The molecule has 0 unspecified atom stereocenters. The highest BCUT2D eigenvalue weighted by molar-refractivity contribution is 5.95. The van der Waals surface area contributed by atoms with E-state index in [-0.39, 0.29) is 0 Å². The molecule has 0 bridgehead atoms. The molecule has 0 aliphatic rings. The van der Waals surface area contributed by atoms with Crippen LogP contribution in [0.5, 0.6) is 0 Å². The molecular weight excluding hydrogens is 128 g/mol. The molecule has 0 atom stereocenters. The van der Waals surface area contributed by atoms with E-state index >= 15 is 0 Å². The Hall–Kier alpha value is -1.25.